The molecule has 0 radical (unpaired) electrons. The third kappa shape index (κ3) is 5.77. The summed E-state index contributed by atoms with van der Waals surface area (Å²) in [6.45, 7) is 13.4. The lowest BCUT2D eigenvalue weighted by atomic mass is 9.53. The third-order valence-corrected chi connectivity index (χ3v) is 8.51. The first kappa shape index (κ1) is 26.1. The summed E-state index contributed by atoms with van der Waals surface area (Å²) in [5.41, 5.74) is 0.862. The number of carbonyl (C=O) groups excluding carboxylic acids is 2. The van der Waals surface area contributed by atoms with Gasteiger partial charge in [-0.05, 0) is 41.9 Å². The van der Waals surface area contributed by atoms with Crippen molar-refractivity contribution >= 4 is 28.3 Å². The van der Waals surface area contributed by atoms with Crippen LogP contribution in [-0.2, 0) is 20.7 Å². The van der Waals surface area contributed by atoms with Crippen LogP contribution in [0.15, 0.2) is 0 Å². The Morgan fingerprint density at radius 2 is 2.06 bits per heavy atom. The van der Waals surface area contributed by atoms with E-state index in [1.54, 1.807) is 18.4 Å². The van der Waals surface area contributed by atoms with Crippen molar-refractivity contribution in [3.63, 3.8) is 0 Å². The van der Waals surface area contributed by atoms with Crippen molar-refractivity contribution in [2.45, 2.75) is 79.2 Å². The van der Waals surface area contributed by atoms with E-state index in [1.807, 2.05) is 27.7 Å². The number of nitrogens with zero attached hydrogens (tertiary/aromatic N) is 1. The summed E-state index contributed by atoms with van der Waals surface area (Å²) in [6, 6.07) is 0. The van der Waals surface area contributed by atoms with Crippen LogP contribution in [0.2, 0.25) is 0 Å². The van der Waals surface area contributed by atoms with Crippen LogP contribution in [0.5, 0.6) is 0 Å². The maximum Gasteiger partial charge on any atom is 0.226 e. The Morgan fingerprint density at radius 1 is 1.36 bits per heavy atom. The van der Waals surface area contributed by atoms with Gasteiger partial charge in [-0.15, -0.1) is 11.3 Å². The second-order valence-electron chi connectivity index (χ2n) is 11.5. The number of rotatable bonds is 7. The Labute approximate surface area is 202 Å². The van der Waals surface area contributed by atoms with Crippen molar-refractivity contribution < 1.29 is 19.4 Å². The molecule has 3 rings (SSSR count). The first-order chi connectivity index (χ1) is 15.4. The lowest BCUT2D eigenvalue weighted by molar-refractivity contribution is -0.135. The van der Waals surface area contributed by atoms with Gasteiger partial charge in [0.1, 0.15) is 0 Å². The number of hydrogen-bond donors (Lipinski definition) is 3. The highest BCUT2D eigenvalue weighted by atomic mass is 32.1. The molecule has 0 aliphatic heterocycles. The lowest BCUT2D eigenvalue weighted by Crippen LogP contribution is -2.53. The maximum absolute atomic E-state index is 12.7. The summed E-state index contributed by atoms with van der Waals surface area (Å²) in [6.07, 6.45) is 2.50. The number of thiazole rings is 1. The van der Waals surface area contributed by atoms with Crippen molar-refractivity contribution in [1.29, 1.82) is 0 Å². The molecule has 1 fully saturated rings. The zero-order valence-corrected chi connectivity index (χ0v) is 22.0. The zero-order chi connectivity index (χ0) is 24.6. The van der Waals surface area contributed by atoms with Crippen LogP contribution >= 0.6 is 11.3 Å². The number of methoxy groups -OCH3 is 1. The average molecular weight is 480 g/mol. The number of aromatic nitrogens is 1. The van der Waals surface area contributed by atoms with Crippen LogP contribution < -0.4 is 10.6 Å². The van der Waals surface area contributed by atoms with E-state index in [-0.39, 0.29) is 46.3 Å². The van der Waals surface area contributed by atoms with Gasteiger partial charge in [0.05, 0.1) is 18.4 Å². The van der Waals surface area contributed by atoms with Gasteiger partial charge in [0.15, 0.2) is 5.13 Å². The maximum atomic E-state index is 12.7. The number of amides is 2. The van der Waals surface area contributed by atoms with Crippen molar-refractivity contribution in [3.8, 4) is 0 Å². The molecular weight excluding hydrogens is 438 g/mol. The molecule has 0 bridgehead atoms. The molecule has 7 nitrogen and oxygen atoms in total. The number of nitrogens with one attached hydrogen (secondary N) is 2. The highest BCUT2D eigenvalue weighted by molar-refractivity contribution is 7.15. The first-order valence-corrected chi connectivity index (χ1v) is 12.9. The Balaban J connectivity index is 1.76. The van der Waals surface area contributed by atoms with Crippen LogP contribution in [0, 0.1) is 28.6 Å². The van der Waals surface area contributed by atoms with Crippen LogP contribution in [0.3, 0.4) is 0 Å². The summed E-state index contributed by atoms with van der Waals surface area (Å²) in [5, 5.41) is 18.1. The molecule has 2 amide bonds. The van der Waals surface area contributed by atoms with Gasteiger partial charge >= 0.3 is 0 Å². The second kappa shape index (κ2) is 10.0. The molecule has 33 heavy (non-hydrogen) atoms. The van der Waals surface area contributed by atoms with Crippen molar-refractivity contribution in [3.05, 3.63) is 10.6 Å². The van der Waals surface area contributed by atoms with E-state index in [9.17, 15) is 14.7 Å². The molecule has 8 heteroatoms. The van der Waals surface area contributed by atoms with Gasteiger partial charge in [-0.25, -0.2) is 4.98 Å². The molecule has 1 aromatic rings. The number of aliphatic hydroxyl groups excluding tert-OH is 1. The van der Waals surface area contributed by atoms with E-state index < -0.39 is 6.10 Å². The largest absolute Gasteiger partial charge is 0.392 e. The zero-order valence-electron chi connectivity index (χ0n) is 21.2. The van der Waals surface area contributed by atoms with E-state index in [0.717, 1.165) is 25.0 Å². The predicted octanol–water partition coefficient (Wildman–Crippen LogP) is 3.97. The fourth-order valence-corrected chi connectivity index (χ4v) is 7.16. The summed E-state index contributed by atoms with van der Waals surface area (Å²) in [5.74, 6) is -0.306. The molecule has 0 spiro atoms. The van der Waals surface area contributed by atoms with E-state index in [1.165, 1.54) is 4.88 Å². The molecule has 186 valence electrons. The van der Waals surface area contributed by atoms with Gasteiger partial charge in [0, 0.05) is 36.8 Å². The monoisotopic (exact) mass is 479 g/mol. The van der Waals surface area contributed by atoms with Crippen molar-refractivity contribution in [2.75, 3.05) is 25.6 Å². The topological polar surface area (TPSA) is 101 Å². The molecule has 1 aromatic heterocycles. The first-order valence-electron chi connectivity index (χ1n) is 12.1. The smallest absolute Gasteiger partial charge is 0.226 e. The molecule has 1 saturated carbocycles. The van der Waals surface area contributed by atoms with Crippen LogP contribution in [0.25, 0.3) is 0 Å². The predicted molar refractivity (Wildman–Crippen MR) is 131 cm³/mol. The normalized spacial score (nSPS) is 30.2. The Kier molecular flexibility index (Phi) is 7.91. The Hall–Kier alpha value is -1.51. The van der Waals surface area contributed by atoms with Gasteiger partial charge in [-0.3, -0.25) is 9.59 Å². The van der Waals surface area contributed by atoms with Gasteiger partial charge in [0.25, 0.3) is 0 Å². The van der Waals surface area contributed by atoms with E-state index >= 15 is 0 Å². The standard InChI is InChI=1S/C25H41N3O4S/c1-14(22(31)26-10-11-32-7)16-8-9-25(6)12-17-20(15(2)19(25)21(16)30)28-23(33-17)27-18(29)13-24(3,4)5/h14-16,19,21,30H,8-13H2,1-7H3,(H,26,31)(H,27,28,29)/t14-,15-,16+,19+,21-,25-/m0/s1. The van der Waals surface area contributed by atoms with Gasteiger partial charge in [-0.1, -0.05) is 41.5 Å². The number of aliphatic hydroxyl groups is 1. The van der Waals surface area contributed by atoms with Crippen molar-refractivity contribution in [1.82, 2.24) is 10.3 Å². The highest BCUT2D eigenvalue weighted by Gasteiger charge is 2.53. The molecule has 1 heterocycles. The Morgan fingerprint density at radius 3 is 2.70 bits per heavy atom. The summed E-state index contributed by atoms with van der Waals surface area (Å²) < 4.78 is 5.02. The van der Waals surface area contributed by atoms with E-state index in [4.69, 9.17) is 9.72 Å². The lowest BCUT2D eigenvalue weighted by Gasteiger charge is -2.53. The minimum Gasteiger partial charge on any atom is -0.392 e. The SMILES string of the molecule is COCCNC(=O)[C@@H](C)[C@H]1CC[C@@]2(C)Cc3sc(NC(=O)CC(C)(C)C)nc3[C@@H](C)[C@@H]2[C@H]1O. The fraction of sp³-hybridized carbons (Fsp3) is 0.800. The molecule has 3 N–H and O–H groups in total. The molecular formula is C25H41N3O4S. The van der Waals surface area contributed by atoms with Gasteiger partial charge < -0.3 is 20.5 Å². The number of carbonyl (C=O) groups is 2. The van der Waals surface area contributed by atoms with Crippen molar-refractivity contribution in [2.24, 2.45) is 28.6 Å². The Bertz CT molecular complexity index is 864. The molecule has 0 aromatic carbocycles. The molecule has 0 unspecified atom stereocenters. The number of anilines is 1. The minimum atomic E-state index is -0.573. The number of fused-ring (bicyclic) bond motifs is 2. The quantitative estimate of drug-likeness (QED) is 0.514. The van der Waals surface area contributed by atoms with E-state index in [2.05, 4.69) is 24.5 Å². The molecule has 0 saturated heterocycles. The summed E-state index contributed by atoms with van der Waals surface area (Å²) >= 11 is 1.57. The minimum absolute atomic E-state index is 0.0155. The second-order valence-corrected chi connectivity index (χ2v) is 12.6. The number of ether oxygens (including phenoxy) is 1. The summed E-state index contributed by atoms with van der Waals surface area (Å²) in [4.78, 5) is 31.1. The number of hydrogen-bond acceptors (Lipinski definition) is 6. The average Bonchev–Trinajstić information content (AvgIpc) is 3.07. The van der Waals surface area contributed by atoms with Gasteiger partial charge in [-0.2, -0.15) is 0 Å². The third-order valence-electron chi connectivity index (χ3n) is 7.52. The van der Waals surface area contributed by atoms with E-state index in [0.29, 0.717) is 24.7 Å². The highest BCUT2D eigenvalue weighted by Crippen LogP contribution is 2.57. The fourth-order valence-electron chi connectivity index (χ4n) is 5.88. The van der Waals surface area contributed by atoms with Crippen LogP contribution in [0.1, 0.15) is 77.3 Å². The molecule has 6 atom stereocenters. The summed E-state index contributed by atoms with van der Waals surface area (Å²) in [7, 11) is 1.61. The molecule has 2 aliphatic rings. The van der Waals surface area contributed by atoms with Crippen LogP contribution in [0.4, 0.5) is 5.13 Å². The molecule has 2 aliphatic carbocycles. The van der Waals surface area contributed by atoms with Crippen LogP contribution in [-0.4, -0.2) is 48.3 Å². The van der Waals surface area contributed by atoms with Gasteiger partial charge in [0.2, 0.25) is 11.8 Å².